The fourth-order valence-electron chi connectivity index (χ4n) is 1.94. The van der Waals surface area contributed by atoms with Crippen LogP contribution < -0.4 is 5.32 Å². The first-order valence-electron chi connectivity index (χ1n) is 6.32. The van der Waals surface area contributed by atoms with Crippen molar-refractivity contribution in [2.75, 3.05) is 11.6 Å². The molecule has 4 heteroatoms. The van der Waals surface area contributed by atoms with Gasteiger partial charge in [0.25, 0.3) is 5.91 Å². The van der Waals surface area contributed by atoms with Gasteiger partial charge in [0.1, 0.15) is 0 Å². The molecule has 0 saturated heterocycles. The predicted octanol–water partition coefficient (Wildman–Crippen LogP) is 3.29. The van der Waals surface area contributed by atoms with E-state index in [1.54, 1.807) is 30.0 Å². The van der Waals surface area contributed by atoms with Crippen molar-refractivity contribution in [2.45, 2.75) is 12.4 Å². The quantitative estimate of drug-likeness (QED) is 0.887. The average molecular weight is 287 g/mol. The van der Waals surface area contributed by atoms with Crippen LogP contribution in [0.25, 0.3) is 0 Å². The van der Waals surface area contributed by atoms with E-state index < -0.39 is 0 Å². The van der Waals surface area contributed by atoms with Crippen LogP contribution in [0.5, 0.6) is 0 Å². The van der Waals surface area contributed by atoms with Gasteiger partial charge in [-0.2, -0.15) is 11.8 Å². The molecule has 2 aromatic rings. The second kappa shape index (κ2) is 7.12. The molecule has 0 aliphatic carbocycles. The third-order valence-electron chi connectivity index (χ3n) is 2.94. The Morgan fingerprint density at radius 1 is 1.20 bits per heavy atom. The summed E-state index contributed by atoms with van der Waals surface area (Å²) in [4.78, 5) is 12.2. The number of hydrogen-bond donors (Lipinski definition) is 2. The number of hydrogen-bond acceptors (Lipinski definition) is 3. The topological polar surface area (TPSA) is 49.3 Å². The predicted molar refractivity (Wildman–Crippen MR) is 84.0 cm³/mol. The zero-order valence-corrected chi connectivity index (χ0v) is 12.1. The number of benzene rings is 2. The molecule has 0 spiro atoms. The Bertz CT molecular complexity index is 599. The summed E-state index contributed by atoms with van der Waals surface area (Å²) in [6.07, 6.45) is 2.03. The van der Waals surface area contributed by atoms with Crippen LogP contribution >= 0.6 is 11.8 Å². The van der Waals surface area contributed by atoms with Crippen LogP contribution in [0.15, 0.2) is 48.5 Å². The zero-order valence-electron chi connectivity index (χ0n) is 11.3. The maximum atomic E-state index is 12.2. The molecule has 2 rings (SSSR count). The van der Waals surface area contributed by atoms with Gasteiger partial charge in [-0.1, -0.05) is 30.3 Å². The molecule has 0 radical (unpaired) electrons. The normalized spacial score (nSPS) is 10.3. The van der Waals surface area contributed by atoms with E-state index in [0.29, 0.717) is 16.8 Å². The largest absolute Gasteiger partial charge is 0.392 e. The Hall–Kier alpha value is -1.78. The molecular weight excluding hydrogens is 270 g/mol. The number of anilines is 1. The summed E-state index contributed by atoms with van der Waals surface area (Å²) in [6.45, 7) is -0.0943. The van der Waals surface area contributed by atoms with Gasteiger partial charge < -0.3 is 10.4 Å². The Balaban J connectivity index is 2.17. The smallest absolute Gasteiger partial charge is 0.255 e. The molecule has 0 atom stereocenters. The second-order valence-electron chi connectivity index (χ2n) is 4.40. The number of aliphatic hydroxyl groups excluding tert-OH is 1. The van der Waals surface area contributed by atoms with Crippen molar-refractivity contribution in [1.29, 1.82) is 0 Å². The lowest BCUT2D eigenvalue weighted by Gasteiger charge is -2.10. The van der Waals surface area contributed by atoms with Gasteiger partial charge in [-0.05, 0) is 30.0 Å². The molecule has 2 N–H and O–H groups in total. The van der Waals surface area contributed by atoms with Crippen molar-refractivity contribution in [3.05, 3.63) is 65.2 Å². The van der Waals surface area contributed by atoms with Crippen LogP contribution in [-0.2, 0) is 12.4 Å². The molecule has 0 fully saturated rings. The fourth-order valence-corrected chi connectivity index (χ4v) is 2.46. The Morgan fingerprint density at radius 3 is 2.75 bits per heavy atom. The van der Waals surface area contributed by atoms with E-state index >= 15 is 0 Å². The van der Waals surface area contributed by atoms with Crippen LogP contribution in [0.4, 0.5) is 5.69 Å². The minimum atomic E-state index is -0.158. The first-order chi connectivity index (χ1) is 9.74. The van der Waals surface area contributed by atoms with Crippen molar-refractivity contribution in [3.8, 4) is 0 Å². The lowest BCUT2D eigenvalue weighted by atomic mass is 10.1. The standard InChI is InChI=1S/C16H17NO2S/c1-20-11-12-5-4-7-13(9-12)16(19)17-15-8-3-2-6-14(15)10-18/h2-9,18H,10-11H2,1H3,(H,17,19). The fraction of sp³-hybridized carbons (Fsp3) is 0.188. The van der Waals surface area contributed by atoms with Crippen molar-refractivity contribution in [1.82, 2.24) is 0 Å². The summed E-state index contributed by atoms with van der Waals surface area (Å²) in [5.74, 6) is 0.725. The van der Waals surface area contributed by atoms with Gasteiger partial charge in [0, 0.05) is 22.6 Å². The number of nitrogens with one attached hydrogen (secondary N) is 1. The van der Waals surface area contributed by atoms with E-state index in [2.05, 4.69) is 5.32 Å². The molecule has 20 heavy (non-hydrogen) atoms. The molecule has 2 aromatic carbocycles. The highest BCUT2D eigenvalue weighted by Gasteiger charge is 2.09. The number of carbonyl (C=O) groups is 1. The Labute approximate surface area is 123 Å². The van der Waals surface area contributed by atoms with Gasteiger partial charge in [0.05, 0.1) is 6.61 Å². The number of thioether (sulfide) groups is 1. The third-order valence-corrected chi connectivity index (χ3v) is 3.56. The maximum absolute atomic E-state index is 12.2. The average Bonchev–Trinajstić information content (AvgIpc) is 2.48. The molecule has 0 aromatic heterocycles. The van der Waals surface area contributed by atoms with E-state index in [-0.39, 0.29) is 12.5 Å². The van der Waals surface area contributed by atoms with Crippen LogP contribution in [0, 0.1) is 0 Å². The third kappa shape index (κ3) is 3.62. The van der Waals surface area contributed by atoms with E-state index in [1.165, 1.54) is 0 Å². The van der Waals surface area contributed by atoms with Crippen molar-refractivity contribution in [3.63, 3.8) is 0 Å². The zero-order chi connectivity index (χ0) is 14.4. The van der Waals surface area contributed by atoms with Crippen LogP contribution in [0.2, 0.25) is 0 Å². The summed E-state index contributed by atoms with van der Waals surface area (Å²) in [6, 6.07) is 14.8. The van der Waals surface area contributed by atoms with E-state index in [4.69, 9.17) is 0 Å². The number of carbonyl (C=O) groups excluding carboxylic acids is 1. The summed E-state index contributed by atoms with van der Waals surface area (Å²) >= 11 is 1.72. The molecular formula is C16H17NO2S. The highest BCUT2D eigenvalue weighted by molar-refractivity contribution is 7.97. The van der Waals surface area contributed by atoms with Crippen molar-refractivity contribution in [2.24, 2.45) is 0 Å². The van der Waals surface area contributed by atoms with Gasteiger partial charge in [-0.25, -0.2) is 0 Å². The number of amides is 1. The first-order valence-corrected chi connectivity index (χ1v) is 7.72. The Morgan fingerprint density at radius 2 is 2.00 bits per heavy atom. The minimum absolute atomic E-state index is 0.0943. The number of para-hydroxylation sites is 1. The summed E-state index contributed by atoms with van der Waals surface area (Å²) < 4.78 is 0. The molecule has 0 saturated carbocycles. The van der Waals surface area contributed by atoms with Crippen LogP contribution in [-0.4, -0.2) is 17.3 Å². The molecule has 104 valence electrons. The van der Waals surface area contributed by atoms with Crippen molar-refractivity contribution >= 4 is 23.4 Å². The summed E-state index contributed by atoms with van der Waals surface area (Å²) in [7, 11) is 0. The highest BCUT2D eigenvalue weighted by Crippen LogP contribution is 2.17. The van der Waals surface area contributed by atoms with E-state index in [0.717, 1.165) is 11.3 Å². The molecule has 1 amide bonds. The first kappa shape index (κ1) is 14.6. The number of aliphatic hydroxyl groups is 1. The molecule has 0 bridgehead atoms. The molecule has 0 aliphatic heterocycles. The summed E-state index contributed by atoms with van der Waals surface area (Å²) in [5, 5.41) is 12.1. The van der Waals surface area contributed by atoms with E-state index in [9.17, 15) is 9.90 Å². The maximum Gasteiger partial charge on any atom is 0.255 e. The minimum Gasteiger partial charge on any atom is -0.392 e. The van der Waals surface area contributed by atoms with Crippen LogP contribution in [0.3, 0.4) is 0 Å². The van der Waals surface area contributed by atoms with Gasteiger partial charge in [-0.3, -0.25) is 4.79 Å². The lowest BCUT2D eigenvalue weighted by molar-refractivity contribution is 0.102. The van der Waals surface area contributed by atoms with Gasteiger partial charge in [-0.15, -0.1) is 0 Å². The lowest BCUT2D eigenvalue weighted by Crippen LogP contribution is -2.13. The van der Waals surface area contributed by atoms with Gasteiger partial charge >= 0.3 is 0 Å². The molecule has 0 unspecified atom stereocenters. The molecule has 0 heterocycles. The SMILES string of the molecule is CSCc1cccc(C(=O)Nc2ccccc2CO)c1. The van der Waals surface area contributed by atoms with E-state index in [1.807, 2.05) is 36.6 Å². The molecule has 3 nitrogen and oxygen atoms in total. The summed E-state index contributed by atoms with van der Waals surface area (Å²) in [5.41, 5.74) is 3.11. The monoisotopic (exact) mass is 287 g/mol. The van der Waals surface area contributed by atoms with Gasteiger partial charge in [0.2, 0.25) is 0 Å². The van der Waals surface area contributed by atoms with Crippen LogP contribution in [0.1, 0.15) is 21.5 Å². The highest BCUT2D eigenvalue weighted by atomic mass is 32.2. The Kier molecular flexibility index (Phi) is 5.21. The second-order valence-corrected chi connectivity index (χ2v) is 5.27. The van der Waals surface area contributed by atoms with Crippen molar-refractivity contribution < 1.29 is 9.90 Å². The number of rotatable bonds is 5. The molecule has 0 aliphatic rings. The van der Waals surface area contributed by atoms with Gasteiger partial charge in [0.15, 0.2) is 0 Å².